The van der Waals surface area contributed by atoms with Crippen LogP contribution < -0.4 is 10.1 Å². The number of ether oxygens (including phenoxy) is 1. The number of hydrogen-bond acceptors (Lipinski definition) is 3. The van der Waals surface area contributed by atoms with Gasteiger partial charge in [-0.15, -0.1) is 0 Å². The first-order valence-electron chi connectivity index (χ1n) is 8.10. The smallest absolute Gasteiger partial charge is 0.123 e. The second-order valence-electron chi connectivity index (χ2n) is 6.07. The minimum Gasteiger partial charge on any atom is -0.490 e. The van der Waals surface area contributed by atoms with Gasteiger partial charge in [0.25, 0.3) is 0 Å². The van der Waals surface area contributed by atoms with E-state index in [-0.39, 0.29) is 0 Å². The average Bonchev–Trinajstić information content (AvgIpc) is 2.99. The third kappa shape index (κ3) is 3.21. The van der Waals surface area contributed by atoms with Crippen molar-refractivity contribution in [2.75, 3.05) is 6.54 Å². The summed E-state index contributed by atoms with van der Waals surface area (Å²) in [6.07, 6.45) is 8.17. The molecule has 0 radical (unpaired) electrons. The Kier molecular flexibility index (Phi) is 4.44. The average molecular weight is 287 g/mol. The first-order chi connectivity index (χ1) is 10.3. The number of fused-ring (bicyclic) bond motifs is 1. The summed E-state index contributed by atoms with van der Waals surface area (Å²) in [4.78, 5) is 0. The van der Waals surface area contributed by atoms with Gasteiger partial charge in [0.2, 0.25) is 0 Å². The molecule has 1 heterocycles. The lowest BCUT2D eigenvalue weighted by Crippen LogP contribution is -2.36. The van der Waals surface area contributed by atoms with Gasteiger partial charge in [0.1, 0.15) is 5.75 Å². The molecule has 2 N–H and O–H groups in total. The highest BCUT2D eigenvalue weighted by atomic mass is 16.5. The number of nitrogens with one attached hydrogen (secondary N) is 2. The van der Waals surface area contributed by atoms with Crippen LogP contribution in [-0.4, -0.2) is 28.9 Å². The van der Waals surface area contributed by atoms with Gasteiger partial charge in [0, 0.05) is 17.0 Å². The molecule has 1 aliphatic rings. The van der Waals surface area contributed by atoms with Crippen LogP contribution in [0, 0.1) is 6.92 Å². The van der Waals surface area contributed by atoms with Gasteiger partial charge in [0.15, 0.2) is 0 Å². The molecule has 0 amide bonds. The van der Waals surface area contributed by atoms with Gasteiger partial charge in [-0.05, 0) is 57.7 Å². The van der Waals surface area contributed by atoms with Gasteiger partial charge in [-0.1, -0.05) is 6.92 Å². The lowest BCUT2D eigenvalue weighted by molar-refractivity contribution is 0.139. The van der Waals surface area contributed by atoms with Crippen molar-refractivity contribution in [1.29, 1.82) is 0 Å². The summed E-state index contributed by atoms with van der Waals surface area (Å²) in [5, 5.41) is 11.9. The summed E-state index contributed by atoms with van der Waals surface area (Å²) in [5.74, 6) is 1.01. The number of rotatable bonds is 5. The molecule has 0 spiro atoms. The molecule has 1 aromatic carbocycles. The van der Waals surface area contributed by atoms with Crippen LogP contribution >= 0.6 is 0 Å². The molecule has 21 heavy (non-hydrogen) atoms. The van der Waals surface area contributed by atoms with E-state index in [4.69, 9.17) is 4.74 Å². The zero-order chi connectivity index (χ0) is 14.7. The Morgan fingerprint density at radius 2 is 2.10 bits per heavy atom. The van der Waals surface area contributed by atoms with Gasteiger partial charge in [0.05, 0.1) is 17.8 Å². The second-order valence-corrected chi connectivity index (χ2v) is 6.07. The Hall–Kier alpha value is -1.55. The third-order valence-electron chi connectivity index (χ3n) is 4.49. The Balaban J connectivity index is 1.60. The molecule has 2 aromatic rings. The van der Waals surface area contributed by atoms with Crippen molar-refractivity contribution in [2.24, 2.45) is 0 Å². The fraction of sp³-hybridized carbons (Fsp3) is 0.588. The summed E-state index contributed by atoms with van der Waals surface area (Å²) in [6.45, 7) is 5.46. The molecule has 114 valence electrons. The van der Waals surface area contributed by atoms with E-state index >= 15 is 0 Å². The first kappa shape index (κ1) is 14.4. The molecule has 0 bridgehead atoms. The van der Waals surface area contributed by atoms with Crippen molar-refractivity contribution >= 4 is 10.9 Å². The zero-order valence-electron chi connectivity index (χ0n) is 13.0. The molecule has 1 saturated carbocycles. The lowest BCUT2D eigenvalue weighted by Gasteiger charge is -2.30. The monoisotopic (exact) mass is 287 g/mol. The standard InChI is InChI=1S/C17H25N3O/c1-3-10-18-13-4-6-14(7-5-13)21-17-9-8-16-15(12(17)2)11-19-20-16/h8-9,11,13-14,18H,3-7,10H2,1-2H3,(H,19,20)/t13-,14+. The Labute approximate surface area is 126 Å². The maximum atomic E-state index is 6.25. The van der Waals surface area contributed by atoms with Crippen LogP contribution in [0.15, 0.2) is 18.3 Å². The van der Waals surface area contributed by atoms with Crippen LogP contribution in [0.25, 0.3) is 10.9 Å². The van der Waals surface area contributed by atoms with Crippen LogP contribution in [0.1, 0.15) is 44.6 Å². The molecule has 1 aliphatic carbocycles. The van der Waals surface area contributed by atoms with Crippen LogP contribution in [0.5, 0.6) is 5.75 Å². The molecule has 4 heteroatoms. The van der Waals surface area contributed by atoms with Gasteiger partial charge in [-0.2, -0.15) is 5.10 Å². The summed E-state index contributed by atoms with van der Waals surface area (Å²) in [6, 6.07) is 4.80. The Morgan fingerprint density at radius 3 is 2.86 bits per heavy atom. The maximum Gasteiger partial charge on any atom is 0.123 e. The summed E-state index contributed by atoms with van der Waals surface area (Å²) in [5.41, 5.74) is 2.26. The Morgan fingerprint density at radius 1 is 1.29 bits per heavy atom. The number of aromatic nitrogens is 2. The molecule has 0 atom stereocenters. The SMILES string of the molecule is CCCN[C@H]1CC[C@@H](Oc2ccc3[nH]ncc3c2C)CC1. The highest BCUT2D eigenvalue weighted by Gasteiger charge is 2.22. The number of benzene rings is 1. The van der Waals surface area contributed by atoms with Crippen LogP contribution in [0.3, 0.4) is 0 Å². The van der Waals surface area contributed by atoms with Crippen molar-refractivity contribution in [2.45, 2.75) is 58.1 Å². The summed E-state index contributed by atoms with van der Waals surface area (Å²) < 4.78 is 6.25. The molecule has 1 aromatic heterocycles. The number of hydrogen-bond donors (Lipinski definition) is 2. The topological polar surface area (TPSA) is 49.9 Å². The summed E-state index contributed by atoms with van der Waals surface area (Å²) >= 11 is 0. The third-order valence-corrected chi connectivity index (χ3v) is 4.49. The summed E-state index contributed by atoms with van der Waals surface area (Å²) in [7, 11) is 0. The van der Waals surface area contributed by atoms with Crippen molar-refractivity contribution in [3.05, 3.63) is 23.9 Å². The minimum absolute atomic E-state index is 0.354. The van der Waals surface area contributed by atoms with E-state index in [1.165, 1.54) is 24.8 Å². The molecule has 1 fully saturated rings. The number of aromatic amines is 1. The highest BCUT2D eigenvalue weighted by molar-refractivity contribution is 5.83. The van der Waals surface area contributed by atoms with Gasteiger partial charge >= 0.3 is 0 Å². The van der Waals surface area contributed by atoms with Gasteiger partial charge in [-0.25, -0.2) is 0 Å². The van der Waals surface area contributed by atoms with Gasteiger partial charge < -0.3 is 10.1 Å². The minimum atomic E-state index is 0.354. The molecular weight excluding hydrogens is 262 g/mol. The number of aryl methyl sites for hydroxylation is 1. The van der Waals surface area contributed by atoms with E-state index in [1.807, 2.05) is 6.20 Å². The van der Waals surface area contributed by atoms with Crippen LogP contribution in [0.2, 0.25) is 0 Å². The van der Waals surface area contributed by atoms with Crippen LogP contribution in [-0.2, 0) is 0 Å². The van der Waals surface area contributed by atoms with Crippen molar-refractivity contribution in [3.8, 4) is 5.75 Å². The predicted molar refractivity (Wildman–Crippen MR) is 85.8 cm³/mol. The van der Waals surface area contributed by atoms with E-state index in [2.05, 4.69) is 41.5 Å². The zero-order valence-corrected chi connectivity index (χ0v) is 13.0. The first-order valence-corrected chi connectivity index (χ1v) is 8.10. The maximum absolute atomic E-state index is 6.25. The van der Waals surface area contributed by atoms with E-state index in [0.717, 1.165) is 36.0 Å². The molecule has 0 unspecified atom stereocenters. The quantitative estimate of drug-likeness (QED) is 0.884. The van der Waals surface area contributed by atoms with E-state index in [9.17, 15) is 0 Å². The Bertz CT molecular complexity index is 585. The van der Waals surface area contributed by atoms with E-state index in [1.54, 1.807) is 0 Å². The van der Waals surface area contributed by atoms with E-state index < -0.39 is 0 Å². The molecule has 0 aliphatic heterocycles. The van der Waals surface area contributed by atoms with Gasteiger partial charge in [-0.3, -0.25) is 5.10 Å². The van der Waals surface area contributed by atoms with Crippen molar-refractivity contribution in [3.63, 3.8) is 0 Å². The second kappa shape index (κ2) is 6.48. The number of H-pyrrole nitrogens is 1. The molecular formula is C17H25N3O. The highest BCUT2D eigenvalue weighted by Crippen LogP contribution is 2.29. The number of nitrogens with zero attached hydrogens (tertiary/aromatic N) is 1. The van der Waals surface area contributed by atoms with Crippen molar-refractivity contribution < 1.29 is 4.74 Å². The lowest BCUT2D eigenvalue weighted by atomic mass is 9.93. The van der Waals surface area contributed by atoms with Crippen molar-refractivity contribution in [1.82, 2.24) is 15.5 Å². The molecule has 4 nitrogen and oxygen atoms in total. The molecule has 0 saturated heterocycles. The normalized spacial score (nSPS) is 22.6. The largest absolute Gasteiger partial charge is 0.490 e. The predicted octanol–water partition coefficient (Wildman–Crippen LogP) is 3.56. The fourth-order valence-corrected chi connectivity index (χ4v) is 3.18. The fourth-order valence-electron chi connectivity index (χ4n) is 3.18. The van der Waals surface area contributed by atoms with Crippen LogP contribution in [0.4, 0.5) is 0 Å². The van der Waals surface area contributed by atoms with E-state index in [0.29, 0.717) is 12.1 Å². The molecule has 3 rings (SSSR count).